The van der Waals surface area contributed by atoms with Crippen LogP contribution in [0, 0.1) is 5.92 Å². The first-order valence-corrected chi connectivity index (χ1v) is 9.14. The molecule has 0 aliphatic carbocycles. The second kappa shape index (κ2) is 7.72. The molecule has 1 amide bonds. The maximum absolute atomic E-state index is 12.5. The van der Waals surface area contributed by atoms with Gasteiger partial charge in [0.25, 0.3) is 5.56 Å². The van der Waals surface area contributed by atoms with E-state index >= 15 is 0 Å². The second-order valence-electron chi connectivity index (χ2n) is 6.85. The van der Waals surface area contributed by atoms with Crippen molar-refractivity contribution in [2.24, 2.45) is 5.92 Å². The van der Waals surface area contributed by atoms with Crippen molar-refractivity contribution in [3.05, 3.63) is 64.7 Å². The summed E-state index contributed by atoms with van der Waals surface area (Å²) in [6.07, 6.45) is 2.23. The highest BCUT2D eigenvalue weighted by molar-refractivity contribution is 5.78. The number of hydrogen-bond acceptors (Lipinski definition) is 5. The first kappa shape index (κ1) is 18.0. The molecule has 144 valence electrons. The van der Waals surface area contributed by atoms with Crippen molar-refractivity contribution in [3.8, 4) is 11.5 Å². The molecule has 0 spiro atoms. The molecule has 0 fully saturated rings. The molecule has 0 bridgehead atoms. The number of amides is 1. The Morgan fingerprint density at radius 2 is 2.18 bits per heavy atom. The van der Waals surface area contributed by atoms with Crippen LogP contribution in [-0.2, 0) is 17.8 Å². The third-order valence-corrected chi connectivity index (χ3v) is 4.89. The van der Waals surface area contributed by atoms with Crippen LogP contribution in [-0.4, -0.2) is 35.7 Å². The van der Waals surface area contributed by atoms with Crippen LogP contribution in [0.25, 0.3) is 10.9 Å². The number of aromatic nitrogens is 2. The fourth-order valence-corrected chi connectivity index (χ4v) is 3.36. The van der Waals surface area contributed by atoms with Gasteiger partial charge in [-0.15, -0.1) is 0 Å². The third kappa shape index (κ3) is 3.69. The minimum Gasteiger partial charge on any atom is -0.497 e. The summed E-state index contributed by atoms with van der Waals surface area (Å²) < 4.78 is 12.3. The molecule has 1 aliphatic rings. The van der Waals surface area contributed by atoms with Crippen molar-refractivity contribution in [2.45, 2.75) is 13.0 Å². The zero-order chi connectivity index (χ0) is 19.5. The lowest BCUT2D eigenvalue weighted by Crippen LogP contribution is -2.38. The van der Waals surface area contributed by atoms with Crippen LogP contribution in [0.15, 0.2) is 53.6 Å². The zero-order valence-electron chi connectivity index (χ0n) is 15.6. The molecule has 1 atom stereocenters. The maximum Gasteiger partial charge on any atom is 0.261 e. The Labute approximate surface area is 161 Å². The second-order valence-corrected chi connectivity index (χ2v) is 6.85. The Kier molecular flexibility index (Phi) is 4.97. The van der Waals surface area contributed by atoms with Gasteiger partial charge in [-0.1, -0.05) is 18.2 Å². The topological polar surface area (TPSA) is 82.4 Å². The molecule has 4 rings (SSSR count). The number of methoxy groups -OCH3 is 1. The summed E-state index contributed by atoms with van der Waals surface area (Å²) in [7, 11) is 1.62. The molecule has 1 aromatic heterocycles. The molecule has 0 unspecified atom stereocenters. The first-order chi connectivity index (χ1) is 13.6. The molecular weight excluding hydrogens is 358 g/mol. The molecule has 7 heteroatoms. The van der Waals surface area contributed by atoms with E-state index < -0.39 is 0 Å². The monoisotopic (exact) mass is 379 g/mol. The van der Waals surface area contributed by atoms with Crippen LogP contribution in [0.1, 0.15) is 5.56 Å². The highest BCUT2D eigenvalue weighted by Crippen LogP contribution is 2.30. The van der Waals surface area contributed by atoms with Gasteiger partial charge >= 0.3 is 0 Å². The molecule has 7 nitrogen and oxygen atoms in total. The average Bonchev–Trinajstić information content (AvgIpc) is 2.74. The van der Waals surface area contributed by atoms with E-state index in [2.05, 4.69) is 10.3 Å². The lowest BCUT2D eigenvalue weighted by Gasteiger charge is -2.25. The van der Waals surface area contributed by atoms with Gasteiger partial charge in [-0.05, 0) is 30.2 Å². The molecule has 1 N–H and O–H groups in total. The smallest absolute Gasteiger partial charge is 0.261 e. The summed E-state index contributed by atoms with van der Waals surface area (Å²) in [5.41, 5.74) is 1.50. The van der Waals surface area contributed by atoms with Crippen molar-refractivity contribution in [1.29, 1.82) is 0 Å². The molecule has 2 heterocycles. The van der Waals surface area contributed by atoms with Gasteiger partial charge < -0.3 is 14.8 Å². The third-order valence-electron chi connectivity index (χ3n) is 4.89. The Morgan fingerprint density at radius 1 is 1.32 bits per heavy atom. The Morgan fingerprint density at radius 3 is 3.04 bits per heavy atom. The van der Waals surface area contributed by atoms with E-state index in [0.717, 1.165) is 23.5 Å². The van der Waals surface area contributed by atoms with Gasteiger partial charge in [0, 0.05) is 18.5 Å². The molecule has 0 radical (unpaired) electrons. The number of hydrogen-bond donors (Lipinski definition) is 1. The molecule has 2 aromatic carbocycles. The standard InChI is InChI=1S/C21H21N3O4/c1-27-16-7-6-15-8-14(12-28-19(15)9-16)10-22-20(25)11-24-13-23-18-5-3-2-4-17(18)21(24)26/h2-7,9,13-14H,8,10-12H2,1H3,(H,22,25)/t14-/m1/s1. The van der Waals surface area contributed by atoms with Crippen molar-refractivity contribution in [3.63, 3.8) is 0 Å². The van der Waals surface area contributed by atoms with E-state index in [0.29, 0.717) is 24.1 Å². The molecular formula is C21H21N3O4. The van der Waals surface area contributed by atoms with Crippen molar-refractivity contribution in [2.75, 3.05) is 20.3 Å². The lowest BCUT2D eigenvalue weighted by molar-refractivity contribution is -0.122. The number of rotatable bonds is 5. The SMILES string of the molecule is COc1ccc2c(c1)OC[C@@H](CNC(=O)Cn1cnc3ccccc3c1=O)C2. The number of carbonyl (C=O) groups excluding carboxylic acids is 1. The average molecular weight is 379 g/mol. The van der Waals surface area contributed by atoms with Gasteiger partial charge in [0.05, 0.1) is 30.9 Å². The molecule has 0 saturated carbocycles. The van der Waals surface area contributed by atoms with E-state index in [-0.39, 0.29) is 23.9 Å². The largest absolute Gasteiger partial charge is 0.497 e. The van der Waals surface area contributed by atoms with Crippen LogP contribution in [0.4, 0.5) is 0 Å². The Hall–Kier alpha value is -3.35. The fourth-order valence-electron chi connectivity index (χ4n) is 3.36. The summed E-state index contributed by atoms with van der Waals surface area (Å²) in [4.78, 5) is 29.0. The van der Waals surface area contributed by atoms with Gasteiger partial charge in [0.2, 0.25) is 5.91 Å². The summed E-state index contributed by atoms with van der Waals surface area (Å²) in [6.45, 7) is 0.954. The van der Waals surface area contributed by atoms with Crippen LogP contribution in [0.5, 0.6) is 11.5 Å². The maximum atomic E-state index is 12.5. The zero-order valence-corrected chi connectivity index (χ0v) is 15.6. The Bertz CT molecular complexity index is 1080. The van der Waals surface area contributed by atoms with E-state index in [1.807, 2.05) is 24.3 Å². The lowest BCUT2D eigenvalue weighted by atomic mass is 9.96. The van der Waals surface area contributed by atoms with E-state index in [4.69, 9.17) is 9.47 Å². The quantitative estimate of drug-likeness (QED) is 0.731. The number of nitrogens with zero attached hydrogens (tertiary/aromatic N) is 2. The molecule has 0 saturated heterocycles. The van der Waals surface area contributed by atoms with Gasteiger partial charge in [-0.3, -0.25) is 14.2 Å². The Balaban J connectivity index is 1.36. The predicted octanol–water partition coefficient (Wildman–Crippen LogP) is 1.77. The molecule has 1 aliphatic heterocycles. The molecule has 28 heavy (non-hydrogen) atoms. The van der Waals surface area contributed by atoms with Crippen LogP contribution < -0.4 is 20.3 Å². The number of fused-ring (bicyclic) bond motifs is 2. The molecule has 3 aromatic rings. The highest BCUT2D eigenvalue weighted by Gasteiger charge is 2.21. The minimum atomic E-state index is -0.222. The summed E-state index contributed by atoms with van der Waals surface area (Å²) in [5, 5.41) is 3.40. The first-order valence-electron chi connectivity index (χ1n) is 9.14. The van der Waals surface area contributed by atoms with Gasteiger partial charge in [-0.25, -0.2) is 4.98 Å². The number of carbonyl (C=O) groups is 1. The number of para-hydroxylation sites is 1. The van der Waals surface area contributed by atoms with E-state index in [1.54, 1.807) is 25.3 Å². The fraction of sp³-hybridized carbons (Fsp3) is 0.286. The highest BCUT2D eigenvalue weighted by atomic mass is 16.5. The van der Waals surface area contributed by atoms with Crippen molar-refractivity contribution >= 4 is 16.8 Å². The van der Waals surface area contributed by atoms with E-state index in [9.17, 15) is 9.59 Å². The van der Waals surface area contributed by atoms with Gasteiger partial charge in [0.15, 0.2) is 0 Å². The van der Waals surface area contributed by atoms with E-state index in [1.165, 1.54) is 10.9 Å². The van der Waals surface area contributed by atoms with Gasteiger partial charge in [-0.2, -0.15) is 0 Å². The number of nitrogens with one attached hydrogen (secondary N) is 1. The summed E-state index contributed by atoms with van der Waals surface area (Å²) in [6, 6.07) is 12.9. The summed E-state index contributed by atoms with van der Waals surface area (Å²) in [5.74, 6) is 1.55. The summed E-state index contributed by atoms with van der Waals surface area (Å²) >= 11 is 0. The van der Waals surface area contributed by atoms with Crippen LogP contribution >= 0.6 is 0 Å². The van der Waals surface area contributed by atoms with Crippen molar-refractivity contribution < 1.29 is 14.3 Å². The van der Waals surface area contributed by atoms with Crippen LogP contribution in [0.3, 0.4) is 0 Å². The normalized spacial score (nSPS) is 15.5. The van der Waals surface area contributed by atoms with Gasteiger partial charge in [0.1, 0.15) is 18.0 Å². The van der Waals surface area contributed by atoms with Crippen LogP contribution in [0.2, 0.25) is 0 Å². The predicted molar refractivity (Wildman–Crippen MR) is 105 cm³/mol. The van der Waals surface area contributed by atoms with Crippen molar-refractivity contribution in [1.82, 2.24) is 14.9 Å². The number of benzene rings is 2. The minimum absolute atomic E-state index is 0.0575. The number of ether oxygens (including phenoxy) is 2.